The number of hydrogen-bond acceptors (Lipinski definition) is 9. The van der Waals surface area contributed by atoms with Gasteiger partial charge in [0.1, 0.15) is 15.5 Å². The molecule has 1 atom stereocenters. The second-order valence-electron chi connectivity index (χ2n) is 6.73. The zero-order chi connectivity index (χ0) is 25.0. The normalized spacial score (nSPS) is 11.9. The molecule has 2 aromatic carbocycles. The highest BCUT2D eigenvalue weighted by Crippen LogP contribution is 2.28. The number of aromatic hydroxyl groups is 1. The van der Waals surface area contributed by atoms with Crippen molar-refractivity contribution in [2.45, 2.75) is 17.2 Å². The van der Waals surface area contributed by atoms with Crippen LogP contribution >= 0.6 is 22.9 Å². The number of hydrogen-bond donors (Lipinski definition) is 3. The van der Waals surface area contributed by atoms with E-state index in [0.29, 0.717) is 0 Å². The third-order valence-electron chi connectivity index (χ3n) is 4.30. The zero-order valence-corrected chi connectivity index (χ0v) is 19.6. The second kappa shape index (κ2) is 10.1. The molecule has 1 aromatic heterocycles. The molecule has 0 radical (unpaired) electrons. The standard InChI is InChI=1S/C20H16ClN3O8S2/c1-11(19(26)22-16-7-5-13(24(28)29)10-15(16)21)32-20(27)14-6-4-12(9-17(14)25)23-34(30,31)18-3-2-8-33-18/h2-11,23,25H,1H3,(H,22,26). The van der Waals surface area contributed by atoms with E-state index in [1.807, 2.05) is 0 Å². The minimum atomic E-state index is -3.85. The summed E-state index contributed by atoms with van der Waals surface area (Å²) in [6.45, 7) is 1.27. The van der Waals surface area contributed by atoms with E-state index in [2.05, 4.69) is 10.0 Å². The molecular formula is C20H16ClN3O8S2. The summed E-state index contributed by atoms with van der Waals surface area (Å²) in [5.41, 5.74) is -0.474. The van der Waals surface area contributed by atoms with E-state index in [1.54, 1.807) is 11.4 Å². The van der Waals surface area contributed by atoms with Gasteiger partial charge in [-0.2, -0.15) is 0 Å². The number of nitro groups is 1. The number of nitrogens with one attached hydrogen (secondary N) is 2. The van der Waals surface area contributed by atoms with Crippen LogP contribution in [0.1, 0.15) is 17.3 Å². The summed E-state index contributed by atoms with van der Waals surface area (Å²) in [7, 11) is -3.85. The summed E-state index contributed by atoms with van der Waals surface area (Å²) in [5, 5.41) is 24.8. The third-order valence-corrected chi connectivity index (χ3v) is 7.40. The van der Waals surface area contributed by atoms with Crippen LogP contribution in [0.15, 0.2) is 58.1 Å². The van der Waals surface area contributed by atoms with Crippen molar-refractivity contribution in [3.63, 3.8) is 0 Å². The molecule has 1 amide bonds. The third kappa shape index (κ3) is 5.81. The molecule has 0 saturated carbocycles. The van der Waals surface area contributed by atoms with Gasteiger partial charge in [-0.05, 0) is 36.6 Å². The SMILES string of the molecule is CC(OC(=O)c1ccc(NS(=O)(=O)c2cccs2)cc1O)C(=O)Nc1ccc([N+](=O)[O-])cc1Cl. The number of esters is 1. The summed E-state index contributed by atoms with van der Waals surface area (Å²) in [4.78, 5) is 34.9. The number of nitrogens with zero attached hydrogens (tertiary/aromatic N) is 1. The Hall–Kier alpha value is -3.68. The molecule has 0 aliphatic rings. The van der Waals surface area contributed by atoms with Crippen molar-refractivity contribution >= 4 is 61.9 Å². The fraction of sp³-hybridized carbons (Fsp3) is 0.100. The number of benzene rings is 2. The Balaban J connectivity index is 1.65. The number of sulfonamides is 1. The molecular weight excluding hydrogens is 510 g/mol. The lowest BCUT2D eigenvalue weighted by Gasteiger charge is -2.15. The van der Waals surface area contributed by atoms with Crippen molar-refractivity contribution in [1.29, 1.82) is 0 Å². The highest BCUT2D eigenvalue weighted by Gasteiger charge is 2.23. The number of amides is 1. The first-order valence-electron chi connectivity index (χ1n) is 9.33. The Morgan fingerprint density at radius 3 is 2.53 bits per heavy atom. The van der Waals surface area contributed by atoms with E-state index in [-0.39, 0.29) is 31.9 Å². The Morgan fingerprint density at radius 2 is 1.94 bits per heavy atom. The Bertz CT molecular complexity index is 1360. The van der Waals surface area contributed by atoms with Crippen molar-refractivity contribution < 1.29 is 32.8 Å². The van der Waals surface area contributed by atoms with Crippen LogP contribution in [0.25, 0.3) is 0 Å². The number of phenols is 1. The van der Waals surface area contributed by atoms with Crippen LogP contribution in [0.2, 0.25) is 5.02 Å². The summed E-state index contributed by atoms with van der Waals surface area (Å²) >= 11 is 6.94. The quantitative estimate of drug-likeness (QED) is 0.225. The average molecular weight is 526 g/mol. The fourth-order valence-corrected chi connectivity index (χ4v) is 4.88. The van der Waals surface area contributed by atoms with Crippen LogP contribution in [0.4, 0.5) is 17.1 Å². The molecule has 3 aromatic rings. The molecule has 0 aliphatic heterocycles. The molecule has 3 N–H and O–H groups in total. The molecule has 0 aliphatic carbocycles. The van der Waals surface area contributed by atoms with Crippen molar-refractivity contribution in [1.82, 2.24) is 0 Å². The van der Waals surface area contributed by atoms with Crippen LogP contribution in [0, 0.1) is 10.1 Å². The van der Waals surface area contributed by atoms with Crippen LogP contribution in [0.5, 0.6) is 5.75 Å². The summed E-state index contributed by atoms with van der Waals surface area (Å²) in [5.74, 6) is -2.38. The number of rotatable bonds is 8. The molecule has 0 fully saturated rings. The van der Waals surface area contributed by atoms with Crippen LogP contribution in [-0.4, -0.2) is 36.4 Å². The summed E-state index contributed by atoms with van der Waals surface area (Å²) < 4.78 is 32.0. The summed E-state index contributed by atoms with van der Waals surface area (Å²) in [6.07, 6.45) is -1.32. The molecule has 0 saturated heterocycles. The predicted molar refractivity (Wildman–Crippen MR) is 125 cm³/mol. The van der Waals surface area contributed by atoms with Gasteiger partial charge in [-0.25, -0.2) is 13.2 Å². The molecule has 11 nitrogen and oxygen atoms in total. The van der Waals surface area contributed by atoms with Crippen LogP contribution < -0.4 is 10.0 Å². The average Bonchev–Trinajstić information content (AvgIpc) is 3.30. The predicted octanol–water partition coefficient (Wildman–Crippen LogP) is 4.00. The maximum Gasteiger partial charge on any atom is 0.342 e. The van der Waals surface area contributed by atoms with Gasteiger partial charge in [0.05, 0.1) is 21.3 Å². The van der Waals surface area contributed by atoms with Gasteiger partial charge in [0.2, 0.25) is 0 Å². The number of anilines is 2. The van der Waals surface area contributed by atoms with E-state index in [0.717, 1.165) is 35.6 Å². The van der Waals surface area contributed by atoms with Gasteiger partial charge in [-0.3, -0.25) is 19.6 Å². The molecule has 14 heteroatoms. The molecule has 34 heavy (non-hydrogen) atoms. The number of ether oxygens (including phenoxy) is 1. The first-order valence-corrected chi connectivity index (χ1v) is 12.1. The maximum atomic E-state index is 12.4. The van der Waals surface area contributed by atoms with E-state index < -0.39 is 38.7 Å². The largest absolute Gasteiger partial charge is 0.507 e. The summed E-state index contributed by atoms with van der Waals surface area (Å²) in [6, 6.07) is 9.84. The van der Waals surface area contributed by atoms with E-state index in [4.69, 9.17) is 16.3 Å². The van der Waals surface area contributed by atoms with E-state index >= 15 is 0 Å². The highest BCUT2D eigenvalue weighted by molar-refractivity contribution is 7.94. The number of phenolic OH excluding ortho intramolecular Hbond substituents is 1. The van der Waals surface area contributed by atoms with Crippen LogP contribution in [0.3, 0.4) is 0 Å². The van der Waals surface area contributed by atoms with Crippen molar-refractivity contribution in [3.05, 3.63) is 74.6 Å². The van der Waals surface area contributed by atoms with Crippen LogP contribution in [-0.2, 0) is 19.6 Å². The second-order valence-corrected chi connectivity index (χ2v) is 9.99. The monoisotopic (exact) mass is 525 g/mol. The van der Waals surface area contributed by atoms with E-state index in [1.165, 1.54) is 25.1 Å². The topological polar surface area (TPSA) is 165 Å². The minimum Gasteiger partial charge on any atom is -0.507 e. The van der Waals surface area contributed by atoms with Gasteiger partial charge in [0.15, 0.2) is 6.10 Å². The molecule has 1 heterocycles. The van der Waals surface area contributed by atoms with E-state index in [9.17, 15) is 33.2 Å². The van der Waals surface area contributed by atoms with Gasteiger partial charge in [0, 0.05) is 18.2 Å². The van der Waals surface area contributed by atoms with Gasteiger partial charge >= 0.3 is 5.97 Å². The van der Waals surface area contributed by atoms with Gasteiger partial charge in [-0.15, -0.1) is 11.3 Å². The first-order chi connectivity index (χ1) is 16.0. The minimum absolute atomic E-state index is 0.0149. The van der Waals surface area contributed by atoms with Crippen molar-refractivity contribution in [2.24, 2.45) is 0 Å². The van der Waals surface area contributed by atoms with Crippen molar-refractivity contribution in [2.75, 3.05) is 10.0 Å². The number of carbonyl (C=O) groups is 2. The highest BCUT2D eigenvalue weighted by atomic mass is 35.5. The lowest BCUT2D eigenvalue weighted by atomic mass is 10.2. The molecule has 0 spiro atoms. The zero-order valence-electron chi connectivity index (χ0n) is 17.2. The molecule has 1 unspecified atom stereocenters. The Labute approximate surface area is 202 Å². The lowest BCUT2D eigenvalue weighted by Crippen LogP contribution is -2.30. The number of non-ortho nitro benzene ring substituents is 1. The fourth-order valence-electron chi connectivity index (χ4n) is 2.62. The number of halogens is 1. The van der Waals surface area contributed by atoms with Crippen molar-refractivity contribution in [3.8, 4) is 5.75 Å². The number of thiophene rings is 1. The number of nitro benzene ring substituents is 1. The lowest BCUT2D eigenvalue weighted by molar-refractivity contribution is -0.384. The van der Waals surface area contributed by atoms with Gasteiger partial charge in [0.25, 0.3) is 21.6 Å². The van der Waals surface area contributed by atoms with Gasteiger partial charge < -0.3 is 15.2 Å². The maximum absolute atomic E-state index is 12.4. The van der Waals surface area contributed by atoms with Gasteiger partial charge in [-0.1, -0.05) is 17.7 Å². The Morgan fingerprint density at radius 1 is 1.21 bits per heavy atom. The molecule has 0 bridgehead atoms. The first kappa shape index (κ1) is 25.0. The molecule has 3 rings (SSSR count). The smallest absolute Gasteiger partial charge is 0.342 e. The molecule has 178 valence electrons. The Kier molecular flexibility index (Phi) is 7.39. The number of carbonyl (C=O) groups excluding carboxylic acids is 2.